The standard InChI is InChI=1S/C11H20BrNO3S/c1-2-9(6-7-12)13-11(14)10-5-3-4-8-17(10,15)16/h9-10H,2-8H2,1H3,(H,13,14). The summed E-state index contributed by atoms with van der Waals surface area (Å²) >= 11 is 3.33. The van der Waals surface area contributed by atoms with Crippen LogP contribution < -0.4 is 5.32 Å². The van der Waals surface area contributed by atoms with Crippen LogP contribution in [0.15, 0.2) is 0 Å². The lowest BCUT2D eigenvalue weighted by molar-refractivity contribution is -0.121. The van der Waals surface area contributed by atoms with Crippen molar-refractivity contribution in [1.82, 2.24) is 5.32 Å². The summed E-state index contributed by atoms with van der Waals surface area (Å²) in [4.78, 5) is 12.0. The number of sulfone groups is 1. The molecule has 1 aliphatic rings. The highest BCUT2D eigenvalue weighted by molar-refractivity contribution is 9.09. The molecular weight excluding hydrogens is 306 g/mol. The second-order valence-corrected chi connectivity index (χ2v) is 7.54. The molecule has 0 spiro atoms. The van der Waals surface area contributed by atoms with Crippen molar-refractivity contribution < 1.29 is 13.2 Å². The predicted octanol–water partition coefficient (Wildman–Crippen LogP) is 1.63. The molecule has 4 nitrogen and oxygen atoms in total. The molecule has 1 fully saturated rings. The van der Waals surface area contributed by atoms with Crippen LogP contribution in [0.3, 0.4) is 0 Å². The Kier molecular flexibility index (Phi) is 5.92. The fourth-order valence-electron chi connectivity index (χ4n) is 2.05. The van der Waals surface area contributed by atoms with Gasteiger partial charge in [0.2, 0.25) is 5.91 Å². The monoisotopic (exact) mass is 325 g/mol. The van der Waals surface area contributed by atoms with Gasteiger partial charge in [0.25, 0.3) is 0 Å². The fourth-order valence-corrected chi connectivity index (χ4v) is 4.42. The highest BCUT2D eigenvalue weighted by Crippen LogP contribution is 2.20. The molecule has 0 aromatic rings. The lowest BCUT2D eigenvalue weighted by Crippen LogP contribution is -2.46. The number of carbonyl (C=O) groups excluding carboxylic acids is 1. The second kappa shape index (κ2) is 6.73. The summed E-state index contributed by atoms with van der Waals surface area (Å²) < 4.78 is 23.6. The molecule has 0 aromatic heterocycles. The topological polar surface area (TPSA) is 63.2 Å². The summed E-state index contributed by atoms with van der Waals surface area (Å²) in [7, 11) is -3.22. The second-order valence-electron chi connectivity index (χ2n) is 4.44. The Bertz CT molecular complexity index is 356. The first-order valence-corrected chi connectivity index (χ1v) is 8.93. The molecular formula is C11H20BrNO3S. The van der Waals surface area contributed by atoms with Crippen LogP contribution >= 0.6 is 15.9 Å². The number of hydrogen-bond donors (Lipinski definition) is 1. The number of rotatable bonds is 5. The minimum atomic E-state index is -3.22. The first kappa shape index (κ1) is 15.0. The van der Waals surface area contributed by atoms with E-state index in [0.717, 1.165) is 24.6 Å². The van der Waals surface area contributed by atoms with Crippen molar-refractivity contribution >= 4 is 31.7 Å². The van der Waals surface area contributed by atoms with Gasteiger partial charge in [-0.25, -0.2) is 8.42 Å². The van der Waals surface area contributed by atoms with Gasteiger partial charge >= 0.3 is 0 Å². The molecule has 2 atom stereocenters. The van der Waals surface area contributed by atoms with Crippen molar-refractivity contribution in [3.05, 3.63) is 0 Å². The normalized spacial score (nSPS) is 25.2. The SMILES string of the molecule is CCC(CCBr)NC(=O)C1CCCCS1(=O)=O. The molecule has 17 heavy (non-hydrogen) atoms. The van der Waals surface area contributed by atoms with Gasteiger partial charge < -0.3 is 5.32 Å². The molecule has 0 radical (unpaired) electrons. The lowest BCUT2D eigenvalue weighted by Gasteiger charge is -2.24. The van der Waals surface area contributed by atoms with Gasteiger partial charge in [0.1, 0.15) is 5.25 Å². The third kappa shape index (κ3) is 4.25. The van der Waals surface area contributed by atoms with E-state index in [1.54, 1.807) is 0 Å². The fraction of sp³-hybridized carbons (Fsp3) is 0.909. The summed E-state index contributed by atoms with van der Waals surface area (Å²) in [5.74, 6) is -0.155. The van der Waals surface area contributed by atoms with Crippen LogP contribution in [-0.4, -0.2) is 36.7 Å². The third-order valence-corrected chi connectivity index (χ3v) is 5.80. The zero-order valence-corrected chi connectivity index (χ0v) is 12.5. The number of carbonyl (C=O) groups is 1. The quantitative estimate of drug-likeness (QED) is 0.781. The minimum absolute atomic E-state index is 0.0685. The summed E-state index contributed by atoms with van der Waals surface area (Å²) in [6, 6.07) is 0.0685. The summed E-state index contributed by atoms with van der Waals surface area (Å²) in [5.41, 5.74) is 0. The van der Waals surface area contributed by atoms with E-state index in [0.29, 0.717) is 12.8 Å². The number of alkyl halides is 1. The third-order valence-electron chi connectivity index (χ3n) is 3.17. The average molecular weight is 326 g/mol. The Morgan fingerprint density at radius 2 is 2.18 bits per heavy atom. The van der Waals surface area contributed by atoms with Gasteiger partial charge in [-0.3, -0.25) is 4.79 Å². The Balaban J connectivity index is 2.62. The highest BCUT2D eigenvalue weighted by atomic mass is 79.9. The first-order valence-electron chi connectivity index (χ1n) is 6.09. The van der Waals surface area contributed by atoms with Crippen LogP contribution in [0.25, 0.3) is 0 Å². The zero-order chi connectivity index (χ0) is 12.9. The van der Waals surface area contributed by atoms with E-state index in [1.165, 1.54) is 0 Å². The molecule has 1 rings (SSSR count). The molecule has 0 bridgehead atoms. The van der Waals surface area contributed by atoms with Gasteiger partial charge in [-0.05, 0) is 25.7 Å². The maximum atomic E-state index is 12.0. The molecule has 1 N–H and O–H groups in total. The lowest BCUT2D eigenvalue weighted by atomic mass is 10.1. The molecule has 6 heteroatoms. The van der Waals surface area contributed by atoms with Crippen molar-refractivity contribution in [2.45, 2.75) is 50.3 Å². The summed E-state index contributed by atoms with van der Waals surface area (Å²) in [6.45, 7) is 1.99. The first-order chi connectivity index (χ1) is 8.01. The maximum Gasteiger partial charge on any atom is 0.238 e. The van der Waals surface area contributed by atoms with Gasteiger partial charge in [0.15, 0.2) is 9.84 Å². The minimum Gasteiger partial charge on any atom is -0.352 e. The van der Waals surface area contributed by atoms with Crippen LogP contribution in [0.5, 0.6) is 0 Å². The van der Waals surface area contributed by atoms with Gasteiger partial charge in [-0.1, -0.05) is 29.3 Å². The Hall–Kier alpha value is -0.100. The summed E-state index contributed by atoms with van der Waals surface area (Å²) in [6.07, 6.45) is 3.63. The van der Waals surface area contributed by atoms with Crippen LogP contribution in [0.2, 0.25) is 0 Å². The van der Waals surface area contributed by atoms with Crippen molar-refractivity contribution in [2.24, 2.45) is 0 Å². The predicted molar refractivity (Wildman–Crippen MR) is 72.1 cm³/mol. The molecule has 1 amide bonds. The molecule has 0 saturated carbocycles. The average Bonchev–Trinajstić information content (AvgIpc) is 2.27. The largest absolute Gasteiger partial charge is 0.352 e. The maximum absolute atomic E-state index is 12.0. The van der Waals surface area contributed by atoms with Crippen LogP contribution in [0.1, 0.15) is 39.0 Å². The number of nitrogens with one attached hydrogen (secondary N) is 1. The zero-order valence-electron chi connectivity index (χ0n) is 10.1. The van der Waals surface area contributed by atoms with E-state index in [1.807, 2.05) is 6.92 Å². The Labute approximate surface area is 112 Å². The molecule has 100 valence electrons. The van der Waals surface area contributed by atoms with E-state index >= 15 is 0 Å². The van der Waals surface area contributed by atoms with Crippen molar-refractivity contribution in [3.8, 4) is 0 Å². The van der Waals surface area contributed by atoms with Crippen LogP contribution in [-0.2, 0) is 14.6 Å². The molecule has 1 saturated heterocycles. The Morgan fingerprint density at radius 1 is 1.47 bits per heavy atom. The Morgan fingerprint density at radius 3 is 2.71 bits per heavy atom. The van der Waals surface area contributed by atoms with Crippen LogP contribution in [0.4, 0.5) is 0 Å². The van der Waals surface area contributed by atoms with Crippen molar-refractivity contribution in [2.75, 3.05) is 11.1 Å². The molecule has 2 unspecified atom stereocenters. The molecule has 1 heterocycles. The smallest absolute Gasteiger partial charge is 0.238 e. The van der Waals surface area contributed by atoms with E-state index in [2.05, 4.69) is 21.2 Å². The van der Waals surface area contributed by atoms with Crippen LogP contribution in [0, 0.1) is 0 Å². The van der Waals surface area contributed by atoms with Gasteiger partial charge in [0.05, 0.1) is 5.75 Å². The van der Waals surface area contributed by atoms with Crippen molar-refractivity contribution in [3.63, 3.8) is 0 Å². The molecule has 0 aromatic carbocycles. The van der Waals surface area contributed by atoms with E-state index in [9.17, 15) is 13.2 Å². The number of hydrogen-bond acceptors (Lipinski definition) is 3. The van der Waals surface area contributed by atoms with E-state index in [4.69, 9.17) is 0 Å². The van der Waals surface area contributed by atoms with Crippen molar-refractivity contribution in [1.29, 1.82) is 0 Å². The number of amides is 1. The number of halogens is 1. The van der Waals surface area contributed by atoms with Gasteiger partial charge in [-0.2, -0.15) is 0 Å². The van der Waals surface area contributed by atoms with E-state index in [-0.39, 0.29) is 17.7 Å². The van der Waals surface area contributed by atoms with Gasteiger partial charge in [-0.15, -0.1) is 0 Å². The molecule has 0 aliphatic carbocycles. The van der Waals surface area contributed by atoms with E-state index < -0.39 is 15.1 Å². The molecule has 1 aliphatic heterocycles. The van der Waals surface area contributed by atoms with Gasteiger partial charge in [0, 0.05) is 11.4 Å². The highest BCUT2D eigenvalue weighted by Gasteiger charge is 2.35. The summed E-state index contributed by atoms with van der Waals surface area (Å²) in [5, 5.41) is 2.83.